The first-order chi connectivity index (χ1) is 18.1. The molecule has 9 heteroatoms. The minimum Gasteiger partial charge on any atom is -0.495 e. The summed E-state index contributed by atoms with van der Waals surface area (Å²) in [6.45, 7) is 6.59. The monoisotopic (exact) mass is 551 g/mol. The number of carbonyl (C=O) groups excluding carboxylic acids is 1. The fraction of sp³-hybridized carbons (Fsp3) is 0.267. The molecule has 1 aromatic heterocycles. The number of amides is 1. The maximum atomic E-state index is 13.1. The fourth-order valence-corrected chi connectivity index (χ4v) is 4.88. The summed E-state index contributed by atoms with van der Waals surface area (Å²) < 4.78 is 11.7. The number of ether oxygens (including phenoxy) is 1. The number of methoxy groups -OCH3 is 1. The second-order valence-electron chi connectivity index (χ2n) is 9.19. The normalized spacial score (nSPS) is 13.3. The first-order valence-electron chi connectivity index (χ1n) is 12.6. The Morgan fingerprint density at radius 2 is 1.64 bits per heavy atom. The average Bonchev–Trinajstić information content (AvgIpc) is 2.95. The second-order valence-corrected chi connectivity index (χ2v) is 9.19. The summed E-state index contributed by atoms with van der Waals surface area (Å²) in [7, 11) is 1.70. The van der Waals surface area contributed by atoms with Crippen LogP contribution < -0.4 is 20.4 Å². The predicted molar refractivity (Wildman–Crippen MR) is 157 cm³/mol. The van der Waals surface area contributed by atoms with E-state index in [0.717, 1.165) is 49.7 Å². The lowest BCUT2D eigenvalue weighted by molar-refractivity contribution is 0.0948. The Kier molecular flexibility index (Phi) is 10.1. The summed E-state index contributed by atoms with van der Waals surface area (Å²) in [5.74, 6) is 1.13. The van der Waals surface area contributed by atoms with E-state index in [4.69, 9.17) is 9.15 Å². The first-order valence-corrected chi connectivity index (χ1v) is 12.6. The van der Waals surface area contributed by atoms with Crippen LogP contribution in [0.3, 0.4) is 0 Å². The van der Waals surface area contributed by atoms with Crippen molar-refractivity contribution in [1.29, 1.82) is 0 Å². The molecule has 8 nitrogen and oxygen atoms in total. The lowest BCUT2D eigenvalue weighted by Crippen LogP contribution is -2.48. The van der Waals surface area contributed by atoms with Gasteiger partial charge in [0.25, 0.3) is 5.91 Å². The van der Waals surface area contributed by atoms with Crippen LogP contribution in [0.25, 0.3) is 22.3 Å². The highest BCUT2D eigenvalue weighted by Gasteiger charge is 2.21. The smallest absolute Gasteiger partial charge is 0.255 e. The SMILES string of the molecule is COc1ccccc1N1CCN(CCNC(=O)c2cccc3c(=O)c(C)c(-c4ccccc4)oc23)CC1.Cl.O. The van der Waals surface area contributed by atoms with Gasteiger partial charge in [0.2, 0.25) is 0 Å². The zero-order valence-corrected chi connectivity index (χ0v) is 22.9. The average molecular weight is 552 g/mol. The van der Waals surface area contributed by atoms with Gasteiger partial charge in [-0.3, -0.25) is 14.5 Å². The Morgan fingerprint density at radius 3 is 2.36 bits per heavy atom. The highest BCUT2D eigenvalue weighted by atomic mass is 35.5. The van der Waals surface area contributed by atoms with Gasteiger partial charge in [-0.2, -0.15) is 0 Å². The molecule has 0 radical (unpaired) electrons. The minimum atomic E-state index is -0.246. The molecular weight excluding hydrogens is 518 g/mol. The van der Waals surface area contributed by atoms with Crippen LogP contribution in [0.2, 0.25) is 0 Å². The van der Waals surface area contributed by atoms with Crippen molar-refractivity contribution in [3.63, 3.8) is 0 Å². The van der Waals surface area contributed by atoms with Crippen molar-refractivity contribution in [2.24, 2.45) is 0 Å². The third kappa shape index (κ3) is 6.25. The van der Waals surface area contributed by atoms with Crippen molar-refractivity contribution in [3.05, 3.63) is 94.1 Å². The van der Waals surface area contributed by atoms with Gasteiger partial charge in [-0.25, -0.2) is 0 Å². The number of piperazine rings is 1. The van der Waals surface area contributed by atoms with Crippen LogP contribution in [0.1, 0.15) is 15.9 Å². The summed E-state index contributed by atoms with van der Waals surface area (Å²) >= 11 is 0. The molecule has 0 aliphatic carbocycles. The molecule has 206 valence electrons. The molecule has 0 saturated carbocycles. The predicted octanol–water partition coefficient (Wildman–Crippen LogP) is 3.93. The van der Waals surface area contributed by atoms with E-state index in [9.17, 15) is 9.59 Å². The molecule has 2 heterocycles. The quantitative estimate of drug-likeness (QED) is 0.373. The molecule has 1 aliphatic heterocycles. The number of hydrogen-bond donors (Lipinski definition) is 1. The van der Waals surface area contributed by atoms with Crippen molar-refractivity contribution in [2.75, 3.05) is 51.3 Å². The Hall–Kier alpha value is -3.85. The Morgan fingerprint density at radius 1 is 0.949 bits per heavy atom. The molecule has 4 aromatic rings. The Labute approximate surface area is 233 Å². The minimum absolute atomic E-state index is 0. The highest BCUT2D eigenvalue weighted by Crippen LogP contribution is 2.29. The van der Waals surface area contributed by atoms with E-state index < -0.39 is 0 Å². The number of para-hydroxylation sites is 3. The number of nitrogens with zero attached hydrogens (tertiary/aromatic N) is 2. The van der Waals surface area contributed by atoms with Crippen LogP contribution >= 0.6 is 12.4 Å². The zero-order chi connectivity index (χ0) is 25.8. The van der Waals surface area contributed by atoms with Crippen molar-refractivity contribution in [1.82, 2.24) is 10.2 Å². The van der Waals surface area contributed by atoms with Gasteiger partial charge in [-0.1, -0.05) is 48.5 Å². The van der Waals surface area contributed by atoms with Gasteiger partial charge >= 0.3 is 0 Å². The van der Waals surface area contributed by atoms with E-state index in [1.54, 1.807) is 32.2 Å². The van der Waals surface area contributed by atoms with Gasteiger partial charge < -0.3 is 24.8 Å². The van der Waals surface area contributed by atoms with E-state index in [0.29, 0.717) is 34.4 Å². The molecule has 0 bridgehead atoms. The number of anilines is 1. The van der Waals surface area contributed by atoms with Crippen LogP contribution in [0.4, 0.5) is 5.69 Å². The summed E-state index contributed by atoms with van der Waals surface area (Å²) in [5, 5.41) is 3.43. The summed E-state index contributed by atoms with van der Waals surface area (Å²) in [6, 6.07) is 22.7. The molecule has 1 saturated heterocycles. The van der Waals surface area contributed by atoms with E-state index >= 15 is 0 Å². The van der Waals surface area contributed by atoms with E-state index in [-0.39, 0.29) is 29.2 Å². The van der Waals surface area contributed by atoms with Crippen molar-refractivity contribution in [2.45, 2.75) is 6.92 Å². The summed E-state index contributed by atoms with van der Waals surface area (Å²) in [4.78, 5) is 30.9. The van der Waals surface area contributed by atoms with Gasteiger partial charge in [-0.05, 0) is 31.2 Å². The second kappa shape index (κ2) is 13.3. The van der Waals surface area contributed by atoms with Gasteiger partial charge in [0.05, 0.1) is 23.7 Å². The first kappa shape index (κ1) is 29.7. The summed E-state index contributed by atoms with van der Waals surface area (Å²) in [6.07, 6.45) is 0. The summed E-state index contributed by atoms with van der Waals surface area (Å²) in [5.41, 5.74) is 3.01. The largest absolute Gasteiger partial charge is 0.495 e. The molecule has 3 aromatic carbocycles. The third-order valence-corrected chi connectivity index (χ3v) is 6.94. The molecule has 3 N–H and O–H groups in total. The molecule has 1 amide bonds. The number of halogens is 1. The lowest BCUT2D eigenvalue weighted by Gasteiger charge is -2.36. The van der Waals surface area contributed by atoms with Gasteiger partial charge in [0.15, 0.2) is 11.0 Å². The third-order valence-electron chi connectivity index (χ3n) is 6.94. The van der Waals surface area contributed by atoms with Gasteiger partial charge in [0.1, 0.15) is 11.5 Å². The topological polar surface area (TPSA) is 107 Å². The van der Waals surface area contributed by atoms with E-state index in [1.807, 2.05) is 48.5 Å². The molecule has 1 fully saturated rings. The van der Waals surface area contributed by atoms with Crippen LogP contribution in [-0.2, 0) is 0 Å². The van der Waals surface area contributed by atoms with Gasteiger partial charge in [0, 0.05) is 50.4 Å². The molecule has 0 unspecified atom stereocenters. The lowest BCUT2D eigenvalue weighted by atomic mass is 10.0. The molecule has 0 atom stereocenters. The van der Waals surface area contributed by atoms with Crippen LogP contribution in [0.15, 0.2) is 82.0 Å². The van der Waals surface area contributed by atoms with E-state index in [2.05, 4.69) is 21.2 Å². The molecule has 5 rings (SSSR count). The number of hydrogen-bond acceptors (Lipinski definition) is 6. The number of rotatable bonds is 7. The van der Waals surface area contributed by atoms with Crippen molar-refractivity contribution < 1.29 is 19.4 Å². The molecule has 1 aliphatic rings. The number of carbonyl (C=O) groups is 1. The number of benzene rings is 3. The fourth-order valence-electron chi connectivity index (χ4n) is 4.88. The standard InChI is InChI=1S/C30H31N3O4.ClH.H2O/c1-21-27(34)23-11-8-12-24(29(23)37-28(21)22-9-4-3-5-10-22)30(35)31-15-16-32-17-19-33(20-18-32)25-13-6-7-14-26(25)36-2;;/h3-14H,15-20H2,1-2H3,(H,31,35);1H;1H2. The maximum Gasteiger partial charge on any atom is 0.255 e. The number of fused-ring (bicyclic) bond motifs is 1. The maximum absolute atomic E-state index is 13.1. The Balaban J connectivity index is 0.00000210. The van der Waals surface area contributed by atoms with Crippen molar-refractivity contribution in [3.8, 4) is 17.1 Å². The zero-order valence-electron chi connectivity index (χ0n) is 22.1. The van der Waals surface area contributed by atoms with Gasteiger partial charge in [-0.15, -0.1) is 12.4 Å². The van der Waals surface area contributed by atoms with Crippen molar-refractivity contribution >= 4 is 35.0 Å². The van der Waals surface area contributed by atoms with Crippen LogP contribution in [0, 0.1) is 6.92 Å². The van der Waals surface area contributed by atoms with E-state index in [1.165, 1.54) is 0 Å². The van der Waals surface area contributed by atoms with Crippen LogP contribution in [-0.4, -0.2) is 62.7 Å². The Bertz CT molecular complexity index is 1470. The molecule has 39 heavy (non-hydrogen) atoms. The number of nitrogens with one attached hydrogen (secondary N) is 1. The molecular formula is C30H34ClN3O5. The highest BCUT2D eigenvalue weighted by molar-refractivity contribution is 6.05. The van der Waals surface area contributed by atoms with Crippen LogP contribution in [0.5, 0.6) is 5.75 Å². The molecule has 0 spiro atoms.